The quantitative estimate of drug-likeness (QED) is 0.221. The van der Waals surface area contributed by atoms with Crippen molar-refractivity contribution in [2.24, 2.45) is 0 Å². The Kier molecular flexibility index (Phi) is 7.13. The van der Waals surface area contributed by atoms with E-state index in [0.29, 0.717) is 16.9 Å². The number of halogens is 1. The van der Waals surface area contributed by atoms with Crippen LogP contribution in [0.4, 0.5) is 11.5 Å². The lowest BCUT2D eigenvalue weighted by Crippen LogP contribution is -2.07. The molecule has 164 valence electrons. The molecule has 2 aromatic carbocycles. The molecule has 0 fully saturated rings. The third-order valence-corrected chi connectivity index (χ3v) is 5.90. The van der Waals surface area contributed by atoms with Crippen molar-refractivity contribution in [1.82, 2.24) is 4.98 Å². The molecule has 33 heavy (non-hydrogen) atoms. The minimum atomic E-state index is -0.627. The highest BCUT2D eigenvalue weighted by Gasteiger charge is 2.22. The second-order valence-electron chi connectivity index (χ2n) is 6.51. The highest BCUT2D eigenvalue weighted by atomic mass is 35.5. The zero-order valence-corrected chi connectivity index (χ0v) is 18.6. The molecule has 0 saturated carbocycles. The van der Waals surface area contributed by atoms with Crippen molar-refractivity contribution in [2.75, 3.05) is 18.6 Å². The number of nitrogens with zero attached hydrogens (tertiary/aromatic N) is 4. The van der Waals surface area contributed by atoms with Gasteiger partial charge in [-0.3, -0.25) is 14.9 Å². The van der Waals surface area contributed by atoms with Gasteiger partial charge < -0.3 is 10.5 Å². The van der Waals surface area contributed by atoms with E-state index in [1.807, 2.05) is 12.1 Å². The molecule has 9 nitrogen and oxygen atoms in total. The number of nitriles is 2. The second kappa shape index (κ2) is 10.0. The normalized spacial score (nSPS) is 10.2. The molecule has 3 aromatic rings. The molecular weight excluding hydrogens is 466 g/mol. The lowest BCUT2D eigenvalue weighted by molar-refractivity contribution is -0.384. The molecule has 0 atom stereocenters. The smallest absolute Gasteiger partial charge is 0.270 e. The van der Waals surface area contributed by atoms with Gasteiger partial charge in [-0.1, -0.05) is 35.5 Å². The summed E-state index contributed by atoms with van der Waals surface area (Å²) in [4.78, 5) is 27.2. The number of Topliss-reactive ketones (excluding diaryl/α,β-unsaturated/α-hetero) is 1. The number of ketones is 1. The largest absolute Gasteiger partial charge is 0.497 e. The summed E-state index contributed by atoms with van der Waals surface area (Å²) >= 11 is 6.97. The highest BCUT2D eigenvalue weighted by molar-refractivity contribution is 8.00. The Labute approximate surface area is 197 Å². The lowest BCUT2D eigenvalue weighted by atomic mass is 9.97. The summed E-state index contributed by atoms with van der Waals surface area (Å²) in [5, 5.41) is 30.7. The Hall–Kier alpha value is -4.12. The zero-order chi connectivity index (χ0) is 24.1. The van der Waals surface area contributed by atoms with Crippen LogP contribution in [-0.2, 0) is 0 Å². The van der Waals surface area contributed by atoms with Gasteiger partial charge in [0.25, 0.3) is 5.69 Å². The van der Waals surface area contributed by atoms with Gasteiger partial charge in [-0.2, -0.15) is 10.5 Å². The number of nitro benzene ring substituents is 1. The summed E-state index contributed by atoms with van der Waals surface area (Å²) in [5.41, 5.74) is 6.65. The molecule has 11 heteroatoms. The fourth-order valence-corrected chi connectivity index (χ4v) is 4.10. The van der Waals surface area contributed by atoms with Crippen molar-refractivity contribution in [3.8, 4) is 29.0 Å². The molecule has 0 radical (unpaired) electrons. The SMILES string of the molecule is COc1ccc(-c2c(C#N)c(N)nc(SCC(=O)c3cc([N+](=O)[O-])ccc3Cl)c2C#N)cc1. The van der Waals surface area contributed by atoms with Crippen molar-refractivity contribution in [1.29, 1.82) is 10.5 Å². The number of pyridine rings is 1. The maximum absolute atomic E-state index is 12.7. The van der Waals surface area contributed by atoms with E-state index >= 15 is 0 Å². The Morgan fingerprint density at radius 3 is 2.45 bits per heavy atom. The Morgan fingerprint density at radius 1 is 1.21 bits per heavy atom. The summed E-state index contributed by atoms with van der Waals surface area (Å²) in [6, 6.07) is 14.3. The van der Waals surface area contributed by atoms with Gasteiger partial charge in [-0.15, -0.1) is 0 Å². The van der Waals surface area contributed by atoms with E-state index in [1.54, 1.807) is 24.3 Å². The Morgan fingerprint density at radius 2 is 1.88 bits per heavy atom. The summed E-state index contributed by atoms with van der Waals surface area (Å²) in [5.74, 6) is -0.207. The number of carbonyl (C=O) groups is 1. The number of nitro groups is 1. The number of anilines is 1. The van der Waals surface area contributed by atoms with Crippen molar-refractivity contribution in [2.45, 2.75) is 5.03 Å². The number of nitrogens with two attached hydrogens (primary N) is 1. The number of hydrogen-bond acceptors (Lipinski definition) is 9. The zero-order valence-electron chi connectivity index (χ0n) is 17.0. The van der Waals surface area contributed by atoms with Gasteiger partial charge in [-0.05, 0) is 23.8 Å². The van der Waals surface area contributed by atoms with Gasteiger partial charge in [0.2, 0.25) is 0 Å². The molecule has 0 unspecified atom stereocenters. The molecule has 0 amide bonds. The van der Waals surface area contributed by atoms with E-state index in [2.05, 4.69) is 4.98 Å². The number of aromatic nitrogens is 1. The summed E-state index contributed by atoms with van der Waals surface area (Å²) in [6.45, 7) is 0. The van der Waals surface area contributed by atoms with E-state index in [1.165, 1.54) is 19.2 Å². The van der Waals surface area contributed by atoms with Crippen molar-refractivity contribution < 1.29 is 14.5 Å². The number of nitrogen functional groups attached to an aromatic ring is 1. The van der Waals surface area contributed by atoms with Crippen LogP contribution < -0.4 is 10.5 Å². The molecule has 0 spiro atoms. The number of thioether (sulfide) groups is 1. The predicted octanol–water partition coefficient (Wildman–Crippen LogP) is 4.62. The maximum atomic E-state index is 12.7. The van der Waals surface area contributed by atoms with Gasteiger partial charge in [0.1, 0.15) is 34.3 Å². The number of methoxy groups -OCH3 is 1. The summed E-state index contributed by atoms with van der Waals surface area (Å²) in [6.07, 6.45) is 0. The van der Waals surface area contributed by atoms with Crippen LogP contribution in [0, 0.1) is 32.8 Å². The number of hydrogen-bond donors (Lipinski definition) is 1. The molecule has 0 aliphatic carbocycles. The van der Waals surface area contributed by atoms with Crippen molar-refractivity contribution in [3.05, 3.63) is 74.3 Å². The molecule has 0 bridgehead atoms. The standard InChI is InChI=1S/C22H14ClN5O4S/c1-32-14-5-2-12(3-6-14)20-16(9-24)21(26)27-22(17(20)10-25)33-11-19(29)15-8-13(28(30)31)4-7-18(15)23/h2-8H,11H2,1H3,(H2,26,27). The molecule has 2 N–H and O–H groups in total. The minimum absolute atomic E-state index is 0.0196. The summed E-state index contributed by atoms with van der Waals surface area (Å²) < 4.78 is 5.14. The van der Waals surface area contributed by atoms with Crippen LogP contribution in [0.2, 0.25) is 5.02 Å². The van der Waals surface area contributed by atoms with E-state index < -0.39 is 10.7 Å². The van der Waals surface area contributed by atoms with Crippen LogP contribution in [0.5, 0.6) is 5.75 Å². The molecule has 0 aliphatic heterocycles. The number of ether oxygens (including phenoxy) is 1. The fourth-order valence-electron chi connectivity index (χ4n) is 3.00. The molecular formula is C22H14ClN5O4S. The van der Waals surface area contributed by atoms with Gasteiger partial charge in [-0.25, -0.2) is 4.98 Å². The number of benzene rings is 2. The molecule has 1 heterocycles. The molecule has 3 rings (SSSR count). The van der Waals surface area contributed by atoms with Crippen molar-refractivity contribution in [3.63, 3.8) is 0 Å². The fraction of sp³-hybridized carbons (Fsp3) is 0.0909. The van der Waals surface area contributed by atoms with Crippen molar-refractivity contribution >= 4 is 40.7 Å². The Bertz CT molecular complexity index is 1350. The average molecular weight is 480 g/mol. The van der Waals surface area contributed by atoms with E-state index in [-0.39, 0.29) is 44.0 Å². The van der Waals surface area contributed by atoms with Gasteiger partial charge in [0, 0.05) is 23.3 Å². The van der Waals surface area contributed by atoms with E-state index in [4.69, 9.17) is 22.1 Å². The third-order valence-electron chi connectivity index (χ3n) is 4.60. The van der Waals surface area contributed by atoms with E-state index in [0.717, 1.165) is 17.8 Å². The topological polar surface area (TPSA) is 156 Å². The number of carbonyl (C=O) groups excluding carboxylic acids is 1. The second-order valence-corrected chi connectivity index (χ2v) is 7.88. The maximum Gasteiger partial charge on any atom is 0.270 e. The van der Waals surface area contributed by atoms with Gasteiger partial charge in [0.15, 0.2) is 5.78 Å². The lowest BCUT2D eigenvalue weighted by Gasteiger charge is -2.13. The van der Waals surface area contributed by atoms with Gasteiger partial charge >= 0.3 is 0 Å². The first-order valence-corrected chi connectivity index (χ1v) is 10.5. The summed E-state index contributed by atoms with van der Waals surface area (Å²) in [7, 11) is 1.51. The van der Waals surface area contributed by atoms with Crippen LogP contribution >= 0.6 is 23.4 Å². The first-order chi connectivity index (χ1) is 15.8. The van der Waals surface area contributed by atoms with Crippen LogP contribution in [0.1, 0.15) is 21.5 Å². The van der Waals surface area contributed by atoms with E-state index in [9.17, 15) is 25.4 Å². The number of non-ortho nitro benzene ring substituents is 1. The van der Waals surface area contributed by atoms with Crippen LogP contribution in [-0.4, -0.2) is 28.6 Å². The van der Waals surface area contributed by atoms with Crippen LogP contribution in [0.3, 0.4) is 0 Å². The molecule has 1 aromatic heterocycles. The van der Waals surface area contributed by atoms with Gasteiger partial charge in [0.05, 0.1) is 28.4 Å². The molecule has 0 aliphatic rings. The van der Waals surface area contributed by atoms with Crippen LogP contribution in [0.15, 0.2) is 47.5 Å². The number of rotatable bonds is 7. The monoisotopic (exact) mass is 479 g/mol. The average Bonchev–Trinajstić information content (AvgIpc) is 2.82. The predicted molar refractivity (Wildman–Crippen MR) is 123 cm³/mol. The molecule has 0 saturated heterocycles. The van der Waals surface area contributed by atoms with Crippen LogP contribution in [0.25, 0.3) is 11.1 Å². The first-order valence-electron chi connectivity index (χ1n) is 9.18. The first kappa shape index (κ1) is 23.5. The third kappa shape index (κ3) is 4.88. The Balaban J connectivity index is 2.01. The highest BCUT2D eigenvalue weighted by Crippen LogP contribution is 2.36. The minimum Gasteiger partial charge on any atom is -0.497 e.